The maximum atomic E-state index is 14.7. The van der Waals surface area contributed by atoms with Gasteiger partial charge < -0.3 is 10.0 Å². The van der Waals surface area contributed by atoms with Crippen molar-refractivity contribution in [3.05, 3.63) is 63.8 Å². The SMILES string of the molecule is CN1C(=O)c2c(O)c(=O)ccn2N2C(c3ccccc3F)C(CC(F)(F)F)CCC12. The van der Waals surface area contributed by atoms with E-state index in [0.29, 0.717) is 0 Å². The second-order valence-corrected chi connectivity index (χ2v) is 7.62. The number of aromatic hydroxyl groups is 1. The summed E-state index contributed by atoms with van der Waals surface area (Å²) in [6.45, 7) is 0. The van der Waals surface area contributed by atoms with Gasteiger partial charge >= 0.3 is 6.18 Å². The molecule has 3 atom stereocenters. The highest BCUT2D eigenvalue weighted by molar-refractivity contribution is 5.96. The van der Waals surface area contributed by atoms with Crippen LogP contribution in [0.5, 0.6) is 5.75 Å². The molecule has 3 unspecified atom stereocenters. The number of fused-ring (bicyclic) bond motifs is 3. The van der Waals surface area contributed by atoms with Crippen molar-refractivity contribution in [2.45, 2.75) is 37.6 Å². The fourth-order valence-electron chi connectivity index (χ4n) is 4.54. The van der Waals surface area contributed by atoms with Crippen LogP contribution in [0.3, 0.4) is 0 Å². The largest absolute Gasteiger partial charge is 0.502 e. The van der Waals surface area contributed by atoms with Gasteiger partial charge in [0.1, 0.15) is 12.0 Å². The second-order valence-electron chi connectivity index (χ2n) is 7.62. The van der Waals surface area contributed by atoms with E-state index in [1.54, 1.807) is 0 Å². The lowest BCUT2D eigenvalue weighted by Crippen LogP contribution is -2.64. The Bertz CT molecular complexity index is 1050. The van der Waals surface area contributed by atoms with Crippen LogP contribution >= 0.6 is 0 Å². The average Bonchev–Trinajstić information content (AvgIpc) is 2.67. The van der Waals surface area contributed by atoms with Gasteiger partial charge in [-0.2, -0.15) is 13.2 Å². The molecule has 0 saturated carbocycles. The first-order valence-electron chi connectivity index (χ1n) is 9.41. The Balaban J connectivity index is 1.94. The lowest BCUT2D eigenvalue weighted by atomic mass is 9.81. The first-order chi connectivity index (χ1) is 14.1. The number of carbonyl (C=O) groups is 1. The predicted molar refractivity (Wildman–Crippen MR) is 99.0 cm³/mol. The van der Waals surface area contributed by atoms with E-state index in [1.165, 1.54) is 52.1 Å². The maximum Gasteiger partial charge on any atom is 0.389 e. The van der Waals surface area contributed by atoms with Crippen LogP contribution in [-0.2, 0) is 0 Å². The maximum absolute atomic E-state index is 14.7. The van der Waals surface area contributed by atoms with Crippen LogP contribution in [0.4, 0.5) is 17.6 Å². The first kappa shape index (κ1) is 20.2. The van der Waals surface area contributed by atoms with Gasteiger partial charge in [0.25, 0.3) is 5.91 Å². The van der Waals surface area contributed by atoms with Crippen LogP contribution in [0.1, 0.15) is 41.4 Å². The van der Waals surface area contributed by atoms with Crippen molar-refractivity contribution >= 4 is 5.91 Å². The molecule has 1 aromatic heterocycles. The summed E-state index contributed by atoms with van der Waals surface area (Å²) in [6, 6.07) is 5.54. The molecule has 0 radical (unpaired) electrons. The summed E-state index contributed by atoms with van der Waals surface area (Å²) < 4.78 is 56.0. The van der Waals surface area contributed by atoms with Gasteiger partial charge in [0.2, 0.25) is 5.43 Å². The minimum atomic E-state index is -4.47. The molecule has 160 valence electrons. The molecule has 2 aliphatic heterocycles. The zero-order valence-corrected chi connectivity index (χ0v) is 15.9. The number of nitrogens with zero attached hydrogens (tertiary/aromatic N) is 3. The average molecular weight is 425 g/mol. The van der Waals surface area contributed by atoms with Gasteiger partial charge in [0.15, 0.2) is 11.4 Å². The number of pyridine rings is 1. The van der Waals surface area contributed by atoms with Gasteiger partial charge in [0, 0.05) is 31.3 Å². The molecule has 0 aliphatic carbocycles. The topological polar surface area (TPSA) is 65.8 Å². The molecule has 1 N–H and O–H groups in total. The summed E-state index contributed by atoms with van der Waals surface area (Å²) in [5.74, 6) is -3.08. The molecule has 1 aromatic carbocycles. The number of hydrogen-bond donors (Lipinski definition) is 1. The smallest absolute Gasteiger partial charge is 0.389 e. The van der Waals surface area contributed by atoms with Crippen molar-refractivity contribution in [2.75, 3.05) is 12.1 Å². The zero-order chi connectivity index (χ0) is 21.8. The van der Waals surface area contributed by atoms with Crippen molar-refractivity contribution < 1.29 is 27.5 Å². The van der Waals surface area contributed by atoms with Crippen molar-refractivity contribution in [3.8, 4) is 5.75 Å². The molecular weight excluding hydrogens is 406 g/mol. The van der Waals surface area contributed by atoms with Crippen LogP contribution in [0.25, 0.3) is 0 Å². The number of carbonyl (C=O) groups excluding carboxylic acids is 1. The number of amides is 1. The number of rotatable bonds is 2. The normalized spacial score (nSPS) is 23.9. The van der Waals surface area contributed by atoms with E-state index in [-0.39, 0.29) is 24.1 Å². The quantitative estimate of drug-likeness (QED) is 0.751. The summed E-state index contributed by atoms with van der Waals surface area (Å²) >= 11 is 0. The highest BCUT2D eigenvalue weighted by Crippen LogP contribution is 2.46. The van der Waals surface area contributed by atoms with Crippen LogP contribution in [0, 0.1) is 11.7 Å². The van der Waals surface area contributed by atoms with Gasteiger partial charge in [-0.25, -0.2) is 4.39 Å². The number of halogens is 4. The molecule has 0 bridgehead atoms. The van der Waals surface area contributed by atoms with E-state index >= 15 is 0 Å². The van der Waals surface area contributed by atoms with Crippen LogP contribution in [-0.4, -0.2) is 40.0 Å². The summed E-state index contributed by atoms with van der Waals surface area (Å²) in [7, 11) is 1.45. The van der Waals surface area contributed by atoms with Crippen molar-refractivity contribution in [3.63, 3.8) is 0 Å². The third-order valence-electron chi connectivity index (χ3n) is 5.82. The molecule has 0 spiro atoms. The lowest BCUT2D eigenvalue weighted by Gasteiger charge is -2.54. The standard InChI is InChI=1S/C20H19F4N3O3/c1-25-15-7-6-11(10-20(22,23)24)16(12-4-2-3-5-13(12)21)27(15)26-9-8-14(28)18(29)17(26)19(25)30/h2-5,8-9,11,15-16,29H,6-7,10H2,1H3. The van der Waals surface area contributed by atoms with Gasteiger partial charge in [-0.15, -0.1) is 0 Å². The Morgan fingerprint density at radius 2 is 1.83 bits per heavy atom. The van der Waals surface area contributed by atoms with Crippen LogP contribution in [0.2, 0.25) is 0 Å². The summed E-state index contributed by atoms with van der Waals surface area (Å²) in [4.78, 5) is 26.0. The van der Waals surface area contributed by atoms with E-state index in [1.807, 2.05) is 0 Å². The summed E-state index contributed by atoms with van der Waals surface area (Å²) in [5, 5.41) is 11.7. The number of hydrogen-bond acceptors (Lipinski definition) is 4. The van der Waals surface area contributed by atoms with Crippen molar-refractivity contribution in [1.29, 1.82) is 0 Å². The van der Waals surface area contributed by atoms with Gasteiger partial charge in [-0.1, -0.05) is 18.2 Å². The molecule has 30 heavy (non-hydrogen) atoms. The molecule has 3 heterocycles. The molecule has 2 aliphatic rings. The molecule has 1 amide bonds. The van der Waals surface area contributed by atoms with Gasteiger partial charge in [-0.3, -0.25) is 19.3 Å². The summed E-state index contributed by atoms with van der Waals surface area (Å²) in [6.07, 6.45) is -4.68. The summed E-state index contributed by atoms with van der Waals surface area (Å²) in [5.41, 5.74) is -1.08. The minimum absolute atomic E-state index is 0.0586. The molecule has 1 fully saturated rings. The fraction of sp³-hybridized carbons (Fsp3) is 0.400. The molecular formula is C20H19F4N3O3. The fourth-order valence-corrected chi connectivity index (χ4v) is 4.54. The minimum Gasteiger partial charge on any atom is -0.502 e. The Hall–Kier alpha value is -3.04. The van der Waals surface area contributed by atoms with Crippen molar-refractivity contribution in [1.82, 2.24) is 9.58 Å². The van der Waals surface area contributed by atoms with Crippen molar-refractivity contribution in [2.24, 2.45) is 5.92 Å². The third kappa shape index (κ3) is 3.20. The monoisotopic (exact) mass is 425 g/mol. The van der Waals surface area contributed by atoms with E-state index < -0.39 is 53.6 Å². The molecule has 10 heteroatoms. The third-order valence-corrected chi connectivity index (χ3v) is 5.82. The predicted octanol–water partition coefficient (Wildman–Crippen LogP) is 3.15. The number of benzene rings is 1. The highest BCUT2D eigenvalue weighted by atomic mass is 19.4. The second kappa shape index (κ2) is 7.03. The van der Waals surface area contributed by atoms with E-state index in [9.17, 15) is 32.3 Å². The number of piperidine rings is 1. The Labute approximate surface area is 168 Å². The highest BCUT2D eigenvalue weighted by Gasteiger charge is 2.49. The Kier molecular flexibility index (Phi) is 4.74. The van der Waals surface area contributed by atoms with E-state index in [2.05, 4.69) is 0 Å². The molecule has 6 nitrogen and oxygen atoms in total. The number of alkyl halides is 3. The van der Waals surface area contributed by atoms with Gasteiger partial charge in [-0.05, 0) is 24.8 Å². The molecule has 4 rings (SSSR count). The van der Waals surface area contributed by atoms with Crippen LogP contribution in [0.15, 0.2) is 41.3 Å². The lowest BCUT2D eigenvalue weighted by molar-refractivity contribution is -0.149. The Morgan fingerprint density at radius 3 is 2.50 bits per heavy atom. The van der Waals surface area contributed by atoms with Gasteiger partial charge in [0.05, 0.1) is 6.04 Å². The zero-order valence-electron chi connectivity index (χ0n) is 15.9. The molecule has 1 saturated heterocycles. The number of aromatic nitrogens is 1. The molecule has 2 aromatic rings. The first-order valence-corrected chi connectivity index (χ1v) is 9.41. The van der Waals surface area contributed by atoms with Crippen LogP contribution < -0.4 is 10.4 Å². The van der Waals surface area contributed by atoms with E-state index in [0.717, 1.165) is 6.07 Å². The van der Waals surface area contributed by atoms with E-state index in [4.69, 9.17) is 0 Å². The Morgan fingerprint density at radius 1 is 1.13 bits per heavy atom.